The standard InChI is InChI=1S/C52H56N8O5/c1-31(2)44(57-51(63)64)49(61)60-40-17-16-39(26-40)45(60)48-54-28-41(56-48)33-10-8-32(9-11-33)35-12-13-37-25-38(15-14-36(37)24-35)42-29-53-47(55-42)43-27-52(18-19-52)30-59(43)50(62)46(34-6-4-3-5-7-34)58-20-22-65-23-21-58/h3-15,24-25,28-29,31,39-40,43-46,57H,16-23,26-27,30H2,1-2H3,(H,53,55)(H,54,56)(H,63,64)/t39-,40+,43-,44-,45-,46?/m0/s1. The Morgan fingerprint density at radius 1 is 0.785 bits per heavy atom. The van der Waals surface area contributed by atoms with Gasteiger partial charge in [-0.1, -0.05) is 92.7 Å². The van der Waals surface area contributed by atoms with E-state index in [-0.39, 0.29) is 47.3 Å². The second-order valence-electron chi connectivity index (χ2n) is 19.5. The van der Waals surface area contributed by atoms with Crippen molar-refractivity contribution >= 4 is 28.7 Å². The average Bonchev–Trinajstić information content (AvgIpc) is 3.96. The summed E-state index contributed by atoms with van der Waals surface area (Å²) in [4.78, 5) is 63.3. The minimum Gasteiger partial charge on any atom is -0.465 e. The number of nitrogens with one attached hydrogen (secondary N) is 3. The van der Waals surface area contributed by atoms with Gasteiger partial charge in [0.25, 0.3) is 0 Å². The molecule has 6 atom stereocenters. The lowest BCUT2D eigenvalue weighted by atomic mass is 9.95. The van der Waals surface area contributed by atoms with E-state index in [4.69, 9.17) is 14.7 Å². The molecule has 3 amide bonds. The highest BCUT2D eigenvalue weighted by Gasteiger charge is 2.56. The molecule has 5 aliphatic rings. The summed E-state index contributed by atoms with van der Waals surface area (Å²) in [6, 6.07) is 30.3. The van der Waals surface area contributed by atoms with Crippen LogP contribution in [-0.2, 0) is 14.3 Å². The first-order valence-electron chi connectivity index (χ1n) is 23.3. The summed E-state index contributed by atoms with van der Waals surface area (Å²) < 4.78 is 5.68. The third-order valence-electron chi connectivity index (χ3n) is 15.0. The van der Waals surface area contributed by atoms with Crippen LogP contribution in [0.1, 0.15) is 87.7 Å². The van der Waals surface area contributed by atoms with Gasteiger partial charge in [-0.25, -0.2) is 14.8 Å². The summed E-state index contributed by atoms with van der Waals surface area (Å²) in [5, 5.41) is 14.2. The zero-order chi connectivity index (χ0) is 44.4. The van der Waals surface area contributed by atoms with Crippen LogP contribution in [0.15, 0.2) is 103 Å². The second-order valence-corrected chi connectivity index (χ2v) is 19.5. The summed E-state index contributed by atoms with van der Waals surface area (Å²) in [5.74, 6) is 1.69. The predicted molar refractivity (Wildman–Crippen MR) is 247 cm³/mol. The number of carbonyl (C=O) groups is 3. The summed E-state index contributed by atoms with van der Waals surface area (Å²) in [7, 11) is 0. The molecule has 5 fully saturated rings. The van der Waals surface area contributed by atoms with Gasteiger partial charge in [0.1, 0.15) is 23.7 Å². The van der Waals surface area contributed by atoms with Gasteiger partial charge in [0.2, 0.25) is 11.8 Å². The first-order chi connectivity index (χ1) is 31.6. The molecular weight excluding hydrogens is 817 g/mol. The summed E-state index contributed by atoms with van der Waals surface area (Å²) in [5.41, 5.74) is 7.29. The van der Waals surface area contributed by atoms with E-state index in [0.717, 1.165) is 120 Å². The molecular formula is C52H56N8O5. The molecule has 65 heavy (non-hydrogen) atoms. The number of piperidine rings is 1. The molecule has 13 nitrogen and oxygen atoms in total. The zero-order valence-corrected chi connectivity index (χ0v) is 37.0. The molecule has 2 bridgehead atoms. The topological polar surface area (TPSA) is 160 Å². The molecule has 11 rings (SSSR count). The number of morpholine rings is 1. The van der Waals surface area contributed by atoms with Crippen molar-refractivity contribution in [1.29, 1.82) is 0 Å². The third kappa shape index (κ3) is 7.78. The van der Waals surface area contributed by atoms with E-state index in [9.17, 15) is 19.5 Å². The Kier molecular flexibility index (Phi) is 10.6. The molecule has 5 heterocycles. The highest BCUT2D eigenvalue weighted by atomic mass is 16.5. The van der Waals surface area contributed by atoms with E-state index in [1.807, 2.05) is 49.3 Å². The van der Waals surface area contributed by atoms with Crippen molar-refractivity contribution < 1.29 is 24.2 Å². The van der Waals surface area contributed by atoms with Crippen molar-refractivity contribution in [2.45, 2.75) is 82.6 Å². The number of carbonyl (C=O) groups excluding carboxylic acids is 2. The lowest BCUT2D eigenvalue weighted by Crippen LogP contribution is -2.53. The van der Waals surface area contributed by atoms with Gasteiger partial charge in [0.15, 0.2) is 0 Å². The largest absolute Gasteiger partial charge is 0.465 e. The molecule has 13 heteroatoms. The van der Waals surface area contributed by atoms with Crippen LogP contribution >= 0.6 is 0 Å². The normalized spacial score (nSPS) is 23.4. The van der Waals surface area contributed by atoms with Gasteiger partial charge in [-0.15, -0.1) is 0 Å². The Morgan fingerprint density at radius 3 is 2.14 bits per heavy atom. The fourth-order valence-electron chi connectivity index (χ4n) is 11.4. The number of imidazole rings is 2. The number of hydrogen-bond acceptors (Lipinski definition) is 7. The average molecular weight is 873 g/mol. The van der Waals surface area contributed by atoms with E-state index in [0.29, 0.717) is 19.1 Å². The van der Waals surface area contributed by atoms with Gasteiger partial charge >= 0.3 is 6.09 Å². The van der Waals surface area contributed by atoms with Crippen LogP contribution < -0.4 is 5.32 Å². The monoisotopic (exact) mass is 872 g/mol. The number of aromatic nitrogens is 4. The highest BCUT2D eigenvalue weighted by Crippen LogP contribution is 2.59. The number of amides is 3. The number of rotatable bonds is 11. The highest BCUT2D eigenvalue weighted by molar-refractivity contribution is 5.91. The molecule has 1 unspecified atom stereocenters. The molecule has 0 radical (unpaired) electrons. The van der Waals surface area contributed by atoms with Crippen molar-refractivity contribution in [3.8, 4) is 33.6 Å². The Bertz CT molecular complexity index is 2740. The van der Waals surface area contributed by atoms with Crippen molar-refractivity contribution in [2.75, 3.05) is 32.8 Å². The van der Waals surface area contributed by atoms with Crippen LogP contribution in [0, 0.1) is 17.3 Å². The molecule has 334 valence electrons. The van der Waals surface area contributed by atoms with E-state index in [1.165, 1.54) is 0 Å². The first-order valence-corrected chi connectivity index (χ1v) is 23.3. The first kappa shape index (κ1) is 41.4. The van der Waals surface area contributed by atoms with Crippen LogP contribution in [0.4, 0.5) is 4.79 Å². The summed E-state index contributed by atoms with van der Waals surface area (Å²) >= 11 is 0. The molecule has 2 aliphatic carbocycles. The van der Waals surface area contributed by atoms with E-state index in [1.54, 1.807) is 0 Å². The van der Waals surface area contributed by atoms with Crippen molar-refractivity contribution in [2.24, 2.45) is 17.3 Å². The maximum Gasteiger partial charge on any atom is 0.405 e. The lowest BCUT2D eigenvalue weighted by Gasteiger charge is -2.37. The summed E-state index contributed by atoms with van der Waals surface area (Å²) in [6.45, 7) is 7.23. The van der Waals surface area contributed by atoms with Gasteiger partial charge < -0.3 is 34.9 Å². The quantitative estimate of drug-likeness (QED) is 0.101. The Labute approximate surface area is 378 Å². The van der Waals surface area contributed by atoms with E-state index >= 15 is 0 Å². The van der Waals surface area contributed by atoms with Crippen molar-refractivity contribution in [3.05, 3.63) is 121 Å². The van der Waals surface area contributed by atoms with Gasteiger partial charge in [0.05, 0.1) is 49.1 Å². The Balaban J connectivity index is 0.793. The molecule has 4 aromatic carbocycles. The molecule has 3 aliphatic heterocycles. The SMILES string of the molecule is CC(C)[C@H](NC(=O)O)C(=O)N1[C@@H]2CC[C@@H](C2)[C@H]1c1ncc(-c2ccc(-c3ccc4cc(-c5cnc([C@@H]6CC7(CC7)CN6C(=O)C(c6ccccc6)N6CCOCC6)[nH]5)ccc4c3)cc2)[nH]1. The molecule has 2 saturated carbocycles. The molecule has 4 N–H and O–H groups in total. The van der Waals surface area contributed by atoms with Gasteiger partial charge in [-0.05, 0) is 101 Å². The number of H-pyrrole nitrogens is 2. The lowest BCUT2D eigenvalue weighted by molar-refractivity contribution is -0.140. The van der Waals surface area contributed by atoms with Crippen molar-refractivity contribution in [3.63, 3.8) is 0 Å². The molecule has 6 aromatic rings. The van der Waals surface area contributed by atoms with Crippen molar-refractivity contribution in [1.82, 2.24) is 40.0 Å². The van der Waals surface area contributed by atoms with E-state index in [2.05, 4.69) is 97.9 Å². The fraction of sp³-hybridized carbons (Fsp3) is 0.404. The van der Waals surface area contributed by atoms with E-state index < -0.39 is 12.1 Å². The van der Waals surface area contributed by atoms with Crippen LogP contribution in [0.3, 0.4) is 0 Å². The number of fused-ring (bicyclic) bond motifs is 3. The Morgan fingerprint density at radius 2 is 1.43 bits per heavy atom. The predicted octanol–water partition coefficient (Wildman–Crippen LogP) is 8.76. The fourth-order valence-corrected chi connectivity index (χ4v) is 11.4. The minimum atomic E-state index is -1.19. The molecule has 3 saturated heterocycles. The maximum atomic E-state index is 14.7. The number of hydrogen-bond donors (Lipinski definition) is 4. The zero-order valence-electron chi connectivity index (χ0n) is 37.0. The molecule has 2 aromatic heterocycles. The van der Waals surface area contributed by atoms with Crippen LogP contribution in [0.25, 0.3) is 44.4 Å². The van der Waals surface area contributed by atoms with Crippen LogP contribution in [-0.4, -0.2) is 103 Å². The Hall–Kier alpha value is -6.31. The van der Waals surface area contributed by atoms with Gasteiger partial charge in [0, 0.05) is 31.2 Å². The van der Waals surface area contributed by atoms with Gasteiger partial charge in [-0.3, -0.25) is 14.5 Å². The number of likely N-dealkylation sites (tertiary alicyclic amines) is 2. The maximum absolute atomic E-state index is 14.7. The van der Waals surface area contributed by atoms with Crippen LogP contribution in [0.5, 0.6) is 0 Å². The molecule has 1 spiro atoms. The number of nitrogens with zero attached hydrogens (tertiary/aromatic N) is 5. The minimum absolute atomic E-state index is 0.0929. The third-order valence-corrected chi connectivity index (χ3v) is 15.0. The smallest absolute Gasteiger partial charge is 0.405 e. The second kappa shape index (κ2) is 16.6. The van der Waals surface area contributed by atoms with Crippen LogP contribution in [0.2, 0.25) is 0 Å². The number of benzene rings is 4. The summed E-state index contributed by atoms with van der Waals surface area (Å²) in [6.07, 6.45) is 8.66. The number of ether oxygens (including phenoxy) is 1. The number of aromatic amines is 2. The number of carboxylic acid groups (broad SMARTS) is 1. The van der Waals surface area contributed by atoms with Gasteiger partial charge in [-0.2, -0.15) is 0 Å².